The fraction of sp³-hybridized carbons (Fsp3) is 0. The molecule has 16 valence electrons. The van der Waals surface area contributed by atoms with Crippen LogP contribution in [0, 0.1) is 0 Å². The Kier molecular flexibility index (Phi) is 386. The van der Waals surface area contributed by atoms with E-state index in [-0.39, 0.29) is 80.6 Å². The second kappa shape index (κ2) is 34.2. The van der Waals surface area contributed by atoms with Gasteiger partial charge in [-0.1, -0.05) is 0 Å². The van der Waals surface area contributed by atoms with Crippen LogP contribution in [0.1, 0.15) is 0 Å². The summed E-state index contributed by atoms with van der Waals surface area (Å²) >= 11 is 0. The molecule has 0 aliphatic heterocycles. The molecule has 0 aromatic heterocycles. The van der Waals surface area contributed by atoms with Crippen molar-refractivity contribution in [3.05, 3.63) is 0 Å². The first-order valence-electron chi connectivity index (χ1n) is 0. The topological polar surface area (TPSA) is 57.0 Å². The van der Waals surface area contributed by atoms with E-state index in [1.807, 2.05) is 0 Å². The first-order chi connectivity index (χ1) is 0. The first-order valence-corrected chi connectivity index (χ1v) is 0. The molecule has 0 N–H and O–H groups in total. The molecular weight excluding hydrogens is 219 g/mol. The Bertz CT molecular complexity index is 7.61. The summed E-state index contributed by atoms with van der Waals surface area (Å²) in [6.07, 6.45) is 0. The Hall–Kier alpha value is 2.23. The van der Waals surface area contributed by atoms with Gasteiger partial charge in [0.2, 0.25) is 0 Å². The van der Waals surface area contributed by atoms with Crippen LogP contribution < -0.4 is 0 Å². The Labute approximate surface area is 79.6 Å². The molecule has 0 amide bonds. The van der Waals surface area contributed by atoms with Gasteiger partial charge in [0.15, 0.2) is 0 Å². The van der Waals surface area contributed by atoms with Gasteiger partial charge < -0.3 is 11.0 Å². The van der Waals surface area contributed by atoms with Crippen LogP contribution >= 0.6 is 0 Å². The largest absolute Gasteiger partial charge is 4.00 e. The Balaban J connectivity index is 0. The summed E-state index contributed by atoms with van der Waals surface area (Å²) in [5.74, 6) is 0. The molecule has 0 spiro atoms. The van der Waals surface area contributed by atoms with Gasteiger partial charge in [0.05, 0.1) is 0 Å². The zero-order chi connectivity index (χ0) is 0. The van der Waals surface area contributed by atoms with Crippen molar-refractivity contribution < 1.29 is 80.6 Å². The van der Waals surface area contributed by atoms with Gasteiger partial charge in [-0.25, -0.2) is 0 Å². The smallest absolute Gasteiger partial charge is 2.00 e. The van der Waals surface area contributed by atoms with Crippen molar-refractivity contribution in [3.63, 3.8) is 0 Å². The van der Waals surface area contributed by atoms with E-state index < -0.39 is 0 Å². The Morgan fingerprint density at radius 3 is 0.600 bits per heavy atom. The molecule has 0 heterocycles. The standard InChI is InChI=1S/2O.2Ti.Zr/q2*-2;3*+4. The number of hydrogen-bond acceptors (Lipinski definition) is 0. The second-order valence-corrected chi connectivity index (χ2v) is 0. The maximum atomic E-state index is 0. The molecule has 0 aliphatic rings. The monoisotopic (exact) mass is 218 g/mol. The maximum absolute atomic E-state index is 0. The van der Waals surface area contributed by atoms with Crippen molar-refractivity contribution in [1.82, 2.24) is 0 Å². The van der Waals surface area contributed by atoms with Crippen molar-refractivity contribution >= 4 is 0 Å². The van der Waals surface area contributed by atoms with E-state index in [1.165, 1.54) is 0 Å². The van der Waals surface area contributed by atoms with Crippen molar-refractivity contribution in [2.75, 3.05) is 0 Å². The molecule has 0 fully saturated rings. The van der Waals surface area contributed by atoms with Gasteiger partial charge in [0, 0.05) is 0 Å². The van der Waals surface area contributed by atoms with E-state index >= 15 is 0 Å². The van der Waals surface area contributed by atoms with Crippen LogP contribution in [-0.4, -0.2) is 0 Å². The molecule has 0 aliphatic carbocycles. The van der Waals surface area contributed by atoms with Gasteiger partial charge in [0.1, 0.15) is 0 Å². The average Bonchev–Trinajstić information content (AvgIpc) is 0. The first kappa shape index (κ1) is 56.4. The molecule has 5 heavy (non-hydrogen) atoms. The third kappa shape index (κ3) is 22.4. The molecule has 5 heteroatoms. The normalized spacial score (nSPS) is 0. The molecular formula is O2Ti2Zr+8. The van der Waals surface area contributed by atoms with Crippen molar-refractivity contribution in [2.45, 2.75) is 0 Å². The molecule has 0 atom stereocenters. The minimum Gasteiger partial charge on any atom is -2.00 e. The number of rotatable bonds is 0. The Morgan fingerprint density at radius 2 is 0.600 bits per heavy atom. The van der Waals surface area contributed by atoms with Crippen LogP contribution in [-0.2, 0) is 80.6 Å². The maximum Gasteiger partial charge on any atom is 4.00 e. The molecule has 0 radical (unpaired) electrons. The van der Waals surface area contributed by atoms with E-state index in [0.29, 0.717) is 0 Å². The van der Waals surface area contributed by atoms with Crippen molar-refractivity contribution in [1.29, 1.82) is 0 Å². The molecule has 0 rings (SSSR count). The second-order valence-electron chi connectivity index (χ2n) is 0. The van der Waals surface area contributed by atoms with Crippen LogP contribution in [0.25, 0.3) is 0 Å². The van der Waals surface area contributed by atoms with Crippen molar-refractivity contribution in [2.24, 2.45) is 0 Å². The summed E-state index contributed by atoms with van der Waals surface area (Å²) in [4.78, 5) is 0. The number of hydrogen-bond donors (Lipinski definition) is 0. The Morgan fingerprint density at radius 1 is 0.600 bits per heavy atom. The molecule has 0 unspecified atom stereocenters. The molecule has 0 saturated carbocycles. The fourth-order valence-corrected chi connectivity index (χ4v) is 0. The van der Waals surface area contributed by atoms with Crippen LogP contribution in [0.3, 0.4) is 0 Å². The predicted octanol–water partition coefficient (Wildman–Crippen LogP) is -0.245. The third-order valence-electron chi connectivity index (χ3n) is 0. The van der Waals surface area contributed by atoms with Crippen LogP contribution in [0.4, 0.5) is 0 Å². The summed E-state index contributed by atoms with van der Waals surface area (Å²) in [6, 6.07) is 0. The van der Waals surface area contributed by atoms with Gasteiger partial charge in [-0.05, 0) is 0 Å². The summed E-state index contributed by atoms with van der Waals surface area (Å²) in [5, 5.41) is 0. The quantitative estimate of drug-likeness (QED) is 0.504. The van der Waals surface area contributed by atoms with Gasteiger partial charge in [-0.2, -0.15) is 0 Å². The van der Waals surface area contributed by atoms with E-state index in [2.05, 4.69) is 0 Å². The zero-order valence-electron chi connectivity index (χ0n) is 2.32. The molecule has 0 bridgehead atoms. The summed E-state index contributed by atoms with van der Waals surface area (Å²) < 4.78 is 0. The molecule has 0 aromatic carbocycles. The third-order valence-corrected chi connectivity index (χ3v) is 0. The van der Waals surface area contributed by atoms with E-state index in [9.17, 15) is 0 Å². The van der Waals surface area contributed by atoms with Gasteiger partial charge >= 0.3 is 69.6 Å². The predicted molar refractivity (Wildman–Crippen MR) is 1.37 cm³/mol. The van der Waals surface area contributed by atoms with Gasteiger partial charge in [0.25, 0.3) is 0 Å². The SMILES string of the molecule is [O-2].[O-2].[Ti+4].[Ti+4].[Zr+4]. The van der Waals surface area contributed by atoms with Crippen LogP contribution in [0.15, 0.2) is 0 Å². The van der Waals surface area contributed by atoms with E-state index in [4.69, 9.17) is 0 Å². The molecule has 0 saturated heterocycles. The molecule has 2 nitrogen and oxygen atoms in total. The van der Waals surface area contributed by atoms with Crippen LogP contribution in [0.5, 0.6) is 0 Å². The summed E-state index contributed by atoms with van der Waals surface area (Å²) in [6.45, 7) is 0. The summed E-state index contributed by atoms with van der Waals surface area (Å²) in [5.41, 5.74) is 0. The summed E-state index contributed by atoms with van der Waals surface area (Å²) in [7, 11) is 0. The van der Waals surface area contributed by atoms with Gasteiger partial charge in [-0.15, -0.1) is 0 Å². The minimum absolute atomic E-state index is 0. The average molecular weight is 219 g/mol. The van der Waals surface area contributed by atoms with E-state index in [0.717, 1.165) is 0 Å². The van der Waals surface area contributed by atoms with Crippen LogP contribution in [0.2, 0.25) is 0 Å². The van der Waals surface area contributed by atoms with E-state index in [1.54, 1.807) is 0 Å². The fourth-order valence-electron chi connectivity index (χ4n) is 0. The van der Waals surface area contributed by atoms with Gasteiger partial charge in [-0.3, -0.25) is 0 Å². The minimum atomic E-state index is 0. The zero-order valence-corrected chi connectivity index (χ0v) is 7.90. The van der Waals surface area contributed by atoms with Crippen molar-refractivity contribution in [3.8, 4) is 0 Å². The molecule has 0 aromatic rings.